The first-order valence-electron chi connectivity index (χ1n) is 11.2. The summed E-state index contributed by atoms with van der Waals surface area (Å²) in [5, 5.41) is 3.67. The zero-order valence-electron chi connectivity index (χ0n) is 19.5. The van der Waals surface area contributed by atoms with Crippen molar-refractivity contribution in [2.24, 2.45) is 5.73 Å². The topological polar surface area (TPSA) is 69.1 Å². The van der Waals surface area contributed by atoms with Crippen LogP contribution in [0.4, 0.5) is 8.78 Å². The number of carbonyl (C=O) groups is 1. The molecule has 0 radical (unpaired) electrons. The first kappa shape index (κ1) is 28.7. The second kappa shape index (κ2) is 11.4. The average molecular weight is 762 g/mol. The largest absolute Gasteiger partial charge is 0.353 e. The fraction of sp³-hybridized carbons (Fsp3) is 0.185. The highest BCUT2D eigenvalue weighted by Crippen LogP contribution is 2.48. The van der Waals surface area contributed by atoms with Crippen molar-refractivity contribution in [3.63, 3.8) is 0 Å². The lowest BCUT2D eigenvalue weighted by atomic mass is 9.64. The van der Waals surface area contributed by atoms with Crippen LogP contribution in [0.3, 0.4) is 0 Å². The Balaban J connectivity index is 2.05. The second-order valence-electron chi connectivity index (χ2n) is 8.76. The number of carbonyl (C=O) groups excluding carboxylic acids is 1. The Kier molecular flexibility index (Phi) is 8.86. The SMILES string of the molecule is NC(C(=O)c1ccno1)C(Cc1ccccc1)(c1cccc(C(F)(F)P)c1)c1cccc(C(P)(I)I)c1. The Morgan fingerprint density at radius 1 is 0.892 bits per heavy atom. The van der Waals surface area contributed by atoms with Crippen LogP contribution in [0.25, 0.3) is 0 Å². The fourth-order valence-corrected chi connectivity index (χ4v) is 5.52. The third kappa shape index (κ3) is 6.30. The maximum Gasteiger partial charge on any atom is 0.283 e. The maximum absolute atomic E-state index is 14.5. The molecule has 0 bridgehead atoms. The molecule has 192 valence electrons. The molecule has 4 atom stereocenters. The van der Waals surface area contributed by atoms with Crippen LogP contribution in [0.15, 0.2) is 95.6 Å². The molecule has 3 aromatic carbocycles. The van der Waals surface area contributed by atoms with Gasteiger partial charge in [0, 0.05) is 17.0 Å². The number of benzene rings is 3. The van der Waals surface area contributed by atoms with Crippen LogP contribution >= 0.6 is 63.7 Å². The first-order valence-corrected chi connectivity index (χ1v) is 14.5. The van der Waals surface area contributed by atoms with Crippen molar-refractivity contribution in [1.82, 2.24) is 5.16 Å². The molecule has 4 nitrogen and oxygen atoms in total. The summed E-state index contributed by atoms with van der Waals surface area (Å²) in [6.07, 6.45) is 1.67. The number of hydrogen-bond donors (Lipinski definition) is 1. The van der Waals surface area contributed by atoms with Crippen molar-refractivity contribution in [2.45, 2.75) is 24.7 Å². The van der Waals surface area contributed by atoms with E-state index in [1.54, 1.807) is 21.4 Å². The summed E-state index contributed by atoms with van der Waals surface area (Å²) >= 11 is 4.61. The Labute approximate surface area is 246 Å². The second-order valence-corrected chi connectivity index (χ2v) is 18.2. The molecule has 0 aliphatic heterocycles. The third-order valence-corrected chi connectivity index (χ3v) is 8.26. The van der Waals surface area contributed by atoms with Gasteiger partial charge in [-0.15, -0.1) is 9.24 Å². The summed E-state index contributed by atoms with van der Waals surface area (Å²) < 4.78 is 33.8. The van der Waals surface area contributed by atoms with Gasteiger partial charge in [-0.05, 0) is 34.7 Å². The number of rotatable bonds is 9. The van der Waals surface area contributed by atoms with E-state index in [9.17, 15) is 13.6 Å². The zero-order chi connectivity index (χ0) is 26.8. The van der Waals surface area contributed by atoms with Crippen LogP contribution in [0.2, 0.25) is 0 Å². The van der Waals surface area contributed by atoms with Gasteiger partial charge in [0.15, 0.2) is 0 Å². The number of nitrogens with zero attached hydrogens (tertiary/aromatic N) is 1. The summed E-state index contributed by atoms with van der Waals surface area (Å²) in [5.41, 5.74) is 5.43. The Hall–Kier alpha value is -1.32. The maximum atomic E-state index is 14.5. The van der Waals surface area contributed by atoms with Crippen LogP contribution < -0.4 is 5.73 Å². The lowest BCUT2D eigenvalue weighted by molar-refractivity contribution is 0.0890. The fourth-order valence-electron chi connectivity index (χ4n) is 4.49. The summed E-state index contributed by atoms with van der Waals surface area (Å²) in [5.74, 6) is -0.459. The van der Waals surface area contributed by atoms with E-state index in [0.29, 0.717) is 5.56 Å². The number of Topliss-reactive ketones (excluding diaryl/α,β-unsaturated/α-hetero) is 1. The van der Waals surface area contributed by atoms with Crippen LogP contribution in [0.1, 0.15) is 38.4 Å². The minimum absolute atomic E-state index is 0.0109. The predicted molar refractivity (Wildman–Crippen MR) is 166 cm³/mol. The lowest BCUT2D eigenvalue weighted by Gasteiger charge is -2.40. The minimum atomic E-state index is -3.16. The number of ketones is 1. The van der Waals surface area contributed by atoms with Gasteiger partial charge < -0.3 is 10.3 Å². The van der Waals surface area contributed by atoms with Gasteiger partial charge in [-0.1, -0.05) is 132 Å². The van der Waals surface area contributed by atoms with Crippen molar-refractivity contribution < 1.29 is 18.1 Å². The molecule has 2 N–H and O–H groups in total. The molecule has 37 heavy (non-hydrogen) atoms. The smallest absolute Gasteiger partial charge is 0.283 e. The van der Waals surface area contributed by atoms with Gasteiger partial charge in [-0.3, -0.25) is 4.79 Å². The quantitative estimate of drug-likeness (QED) is 0.0849. The summed E-state index contributed by atoms with van der Waals surface area (Å²) in [6.45, 7) is 0. The molecule has 1 aromatic heterocycles. The van der Waals surface area contributed by atoms with Crippen LogP contribution in [0.5, 0.6) is 0 Å². The average Bonchev–Trinajstić information content (AvgIpc) is 3.41. The molecule has 0 saturated heterocycles. The molecule has 0 fully saturated rings. The van der Waals surface area contributed by atoms with Crippen LogP contribution in [0, 0.1) is 0 Å². The molecular weight excluding hydrogens is 738 g/mol. The number of hydrogen-bond acceptors (Lipinski definition) is 4. The lowest BCUT2D eigenvalue weighted by Crippen LogP contribution is -2.53. The van der Waals surface area contributed by atoms with Crippen molar-refractivity contribution in [1.29, 1.82) is 0 Å². The van der Waals surface area contributed by atoms with E-state index in [0.717, 1.165) is 16.7 Å². The van der Waals surface area contributed by atoms with Gasteiger partial charge in [0.05, 0.1) is 12.2 Å². The van der Waals surface area contributed by atoms with Gasteiger partial charge >= 0.3 is 0 Å². The molecule has 0 aliphatic carbocycles. The molecule has 0 spiro atoms. The Bertz CT molecular complexity index is 1320. The Morgan fingerprint density at radius 3 is 2.00 bits per heavy atom. The highest BCUT2D eigenvalue weighted by molar-refractivity contribution is 14.2. The molecule has 4 unspecified atom stereocenters. The van der Waals surface area contributed by atoms with Gasteiger partial charge in [-0.2, -0.15) is 8.78 Å². The Morgan fingerprint density at radius 2 is 1.46 bits per heavy atom. The van der Waals surface area contributed by atoms with E-state index >= 15 is 0 Å². The zero-order valence-corrected chi connectivity index (χ0v) is 26.1. The highest BCUT2D eigenvalue weighted by atomic mass is 127. The van der Waals surface area contributed by atoms with Crippen molar-refractivity contribution >= 4 is 69.4 Å². The van der Waals surface area contributed by atoms with E-state index in [1.165, 1.54) is 24.4 Å². The monoisotopic (exact) mass is 762 g/mol. The first-order chi connectivity index (χ1) is 17.4. The van der Waals surface area contributed by atoms with E-state index in [-0.39, 0.29) is 18.9 Å². The standard InChI is InChI=1S/C27H24F2I2N2O2P2/c28-26(29,36)20-10-4-8-18(14-20)25(16-17-6-2-1-3-7-17,24(32)23(34)22-12-13-33-35-22)19-9-5-11-21(15-19)27(30,31)37/h1-15,24H,16,32,36-37H2. The number of aromatic nitrogens is 1. The van der Waals surface area contributed by atoms with Gasteiger partial charge in [-0.25, -0.2) is 0 Å². The minimum Gasteiger partial charge on any atom is -0.353 e. The van der Waals surface area contributed by atoms with Crippen LogP contribution in [-0.2, 0) is 18.7 Å². The third-order valence-electron chi connectivity index (χ3n) is 6.35. The van der Waals surface area contributed by atoms with Crippen LogP contribution in [-0.4, -0.2) is 17.0 Å². The van der Waals surface area contributed by atoms with Crippen molar-refractivity contribution in [3.05, 3.63) is 125 Å². The molecular formula is C27H24F2I2N2O2P2. The van der Waals surface area contributed by atoms with E-state index in [1.807, 2.05) is 54.6 Å². The number of nitrogens with two attached hydrogens (primary N) is 1. The normalized spacial score (nSPS) is 14.7. The molecule has 0 amide bonds. The molecule has 0 saturated carbocycles. The number of halogens is 4. The van der Waals surface area contributed by atoms with Crippen molar-refractivity contribution in [3.8, 4) is 0 Å². The molecule has 4 aromatic rings. The number of alkyl halides is 4. The van der Waals surface area contributed by atoms with Gasteiger partial charge in [0.2, 0.25) is 11.5 Å². The highest BCUT2D eigenvalue weighted by Gasteiger charge is 2.46. The molecule has 4 rings (SSSR count). The molecule has 0 aliphatic rings. The molecule has 1 heterocycles. The van der Waals surface area contributed by atoms with E-state index in [4.69, 9.17) is 10.3 Å². The molecule has 10 heteroatoms. The van der Waals surface area contributed by atoms with Crippen molar-refractivity contribution in [2.75, 3.05) is 0 Å². The van der Waals surface area contributed by atoms with Gasteiger partial charge in [0.25, 0.3) is 5.66 Å². The summed E-state index contributed by atoms with van der Waals surface area (Å²) in [4.78, 5) is 13.7. The predicted octanol–water partition coefficient (Wildman–Crippen LogP) is 7.19. The van der Waals surface area contributed by atoms with E-state index in [2.05, 4.69) is 59.6 Å². The summed E-state index contributed by atoms with van der Waals surface area (Å²) in [6, 6.07) is 23.8. The van der Waals surface area contributed by atoms with Gasteiger partial charge in [0.1, 0.15) is 1.17 Å². The summed E-state index contributed by atoms with van der Waals surface area (Å²) in [7, 11) is 4.38. The van der Waals surface area contributed by atoms with E-state index < -0.39 is 22.9 Å².